The van der Waals surface area contributed by atoms with Crippen molar-refractivity contribution in [3.05, 3.63) is 47.0 Å². The maximum Gasteiger partial charge on any atom is 0.417 e. The Morgan fingerprint density at radius 3 is 2.26 bits per heavy atom. The summed E-state index contributed by atoms with van der Waals surface area (Å²) in [5, 5.41) is 2.55. The smallest absolute Gasteiger partial charge is 0.417 e. The quantitative estimate of drug-likeness (QED) is 0.397. The molecule has 1 heterocycles. The molecule has 0 aromatic heterocycles. The Hall–Kier alpha value is -2.85. The molecule has 0 aliphatic carbocycles. The lowest BCUT2D eigenvalue weighted by atomic mass is 10.1. The number of halogens is 4. The molecule has 2 aromatic rings. The lowest BCUT2D eigenvalue weighted by molar-refractivity contribution is -0.137. The van der Waals surface area contributed by atoms with Crippen molar-refractivity contribution in [1.29, 1.82) is 0 Å². The van der Waals surface area contributed by atoms with Gasteiger partial charge in [0.25, 0.3) is 0 Å². The monoisotopic (exact) mass is 556 g/mol. The molecule has 0 bridgehead atoms. The summed E-state index contributed by atoms with van der Waals surface area (Å²) in [6.45, 7) is 11.3. The van der Waals surface area contributed by atoms with E-state index < -0.39 is 11.7 Å². The standard InChI is InChI=1S/C27H36ClF3N4O3/c1-18(2)35(19(3)4)14-15-38-25-16-20(6-9-24(25)37-5)32-26(36)34-12-10-33(11-13-34)21-7-8-23(28)22(17-21)27(29,30)31/h6-9,16-19H,10-15H2,1-5H3,(H,32,36). The SMILES string of the molecule is COc1ccc(NC(=O)N2CCN(c3ccc(Cl)c(C(F)(F)F)c3)CC2)cc1OCCN(C(C)C)C(C)C. The van der Waals surface area contributed by atoms with Gasteiger partial charge >= 0.3 is 12.2 Å². The molecular weight excluding hydrogens is 521 g/mol. The van der Waals surface area contributed by atoms with Gasteiger partial charge in [0.05, 0.1) is 17.7 Å². The second kappa shape index (κ2) is 12.8. The molecule has 3 rings (SSSR count). The second-order valence-corrected chi connectivity index (χ2v) is 10.1. The predicted molar refractivity (Wildman–Crippen MR) is 145 cm³/mol. The molecule has 1 saturated heterocycles. The number of ether oxygens (including phenoxy) is 2. The first-order valence-corrected chi connectivity index (χ1v) is 13.0. The van der Waals surface area contributed by atoms with Crippen molar-refractivity contribution in [2.75, 3.05) is 56.7 Å². The summed E-state index contributed by atoms with van der Waals surface area (Å²) in [5.74, 6) is 1.10. The minimum atomic E-state index is -4.53. The van der Waals surface area contributed by atoms with Crippen molar-refractivity contribution >= 4 is 29.0 Å². The van der Waals surface area contributed by atoms with Crippen LogP contribution in [0.15, 0.2) is 36.4 Å². The van der Waals surface area contributed by atoms with Gasteiger partial charge in [-0.05, 0) is 58.0 Å². The summed E-state index contributed by atoms with van der Waals surface area (Å²) < 4.78 is 51.1. The highest BCUT2D eigenvalue weighted by Gasteiger charge is 2.34. The van der Waals surface area contributed by atoms with Crippen molar-refractivity contribution in [1.82, 2.24) is 9.80 Å². The number of rotatable bonds is 9. The minimum absolute atomic E-state index is 0.293. The first kappa shape index (κ1) is 29.7. The fourth-order valence-corrected chi connectivity index (χ4v) is 4.76. The Bertz CT molecular complexity index is 1080. The van der Waals surface area contributed by atoms with Crippen LogP contribution in [0.4, 0.5) is 29.3 Å². The molecule has 0 spiro atoms. The summed E-state index contributed by atoms with van der Waals surface area (Å²) in [6, 6.07) is 9.56. The van der Waals surface area contributed by atoms with Gasteiger partial charge in [0.15, 0.2) is 11.5 Å². The number of piperazine rings is 1. The lowest BCUT2D eigenvalue weighted by Crippen LogP contribution is -2.50. The van der Waals surface area contributed by atoms with E-state index in [0.29, 0.717) is 67.7 Å². The van der Waals surface area contributed by atoms with E-state index in [1.54, 1.807) is 36.3 Å². The number of alkyl halides is 3. The van der Waals surface area contributed by atoms with E-state index in [1.807, 2.05) is 4.90 Å². The normalized spacial score (nSPS) is 14.4. The van der Waals surface area contributed by atoms with Crippen LogP contribution in [-0.2, 0) is 6.18 Å². The van der Waals surface area contributed by atoms with E-state index in [0.717, 1.165) is 12.6 Å². The van der Waals surface area contributed by atoms with Crippen LogP contribution in [0.25, 0.3) is 0 Å². The van der Waals surface area contributed by atoms with Gasteiger partial charge < -0.3 is 24.6 Å². The van der Waals surface area contributed by atoms with Gasteiger partial charge in [-0.2, -0.15) is 13.2 Å². The Balaban J connectivity index is 1.59. The summed E-state index contributed by atoms with van der Waals surface area (Å²) in [4.78, 5) is 18.7. The third-order valence-corrected chi connectivity index (χ3v) is 6.87. The van der Waals surface area contributed by atoms with Gasteiger partial charge in [0, 0.05) is 62.2 Å². The zero-order valence-electron chi connectivity index (χ0n) is 22.4. The van der Waals surface area contributed by atoms with Crippen LogP contribution in [-0.4, -0.2) is 74.4 Å². The number of nitrogens with one attached hydrogen (secondary N) is 1. The van der Waals surface area contributed by atoms with Crippen molar-refractivity contribution in [3.8, 4) is 11.5 Å². The van der Waals surface area contributed by atoms with Gasteiger partial charge in [-0.25, -0.2) is 4.79 Å². The molecule has 0 radical (unpaired) electrons. The molecule has 2 aromatic carbocycles. The van der Waals surface area contributed by atoms with Crippen LogP contribution >= 0.6 is 11.6 Å². The zero-order valence-corrected chi connectivity index (χ0v) is 23.2. The summed E-state index contributed by atoms with van der Waals surface area (Å²) in [6.07, 6.45) is -4.53. The van der Waals surface area contributed by atoms with E-state index in [9.17, 15) is 18.0 Å². The van der Waals surface area contributed by atoms with Gasteiger partial charge in [-0.3, -0.25) is 4.90 Å². The number of urea groups is 1. The Morgan fingerprint density at radius 2 is 1.68 bits per heavy atom. The highest BCUT2D eigenvalue weighted by Crippen LogP contribution is 2.37. The molecule has 11 heteroatoms. The average molecular weight is 557 g/mol. The molecule has 2 amide bonds. The van der Waals surface area contributed by atoms with Crippen LogP contribution in [0.1, 0.15) is 33.3 Å². The van der Waals surface area contributed by atoms with Crippen LogP contribution < -0.4 is 19.7 Å². The van der Waals surface area contributed by atoms with Crippen LogP contribution in [0, 0.1) is 0 Å². The topological polar surface area (TPSA) is 57.3 Å². The van der Waals surface area contributed by atoms with E-state index >= 15 is 0 Å². The van der Waals surface area contributed by atoms with Gasteiger partial charge in [0.1, 0.15) is 6.61 Å². The first-order chi connectivity index (χ1) is 17.9. The second-order valence-electron chi connectivity index (χ2n) is 9.71. The molecule has 210 valence electrons. The highest BCUT2D eigenvalue weighted by atomic mass is 35.5. The molecule has 1 N–H and O–H groups in total. The summed E-state index contributed by atoms with van der Waals surface area (Å²) >= 11 is 5.74. The molecule has 0 unspecified atom stereocenters. The zero-order chi connectivity index (χ0) is 28.0. The van der Waals surface area contributed by atoms with Crippen LogP contribution in [0.2, 0.25) is 5.02 Å². The average Bonchev–Trinajstić information content (AvgIpc) is 2.86. The number of anilines is 2. The molecule has 1 aliphatic heterocycles. The van der Waals surface area contributed by atoms with Crippen molar-refractivity contribution < 1.29 is 27.4 Å². The molecule has 38 heavy (non-hydrogen) atoms. The molecule has 0 saturated carbocycles. The van der Waals surface area contributed by atoms with E-state index in [-0.39, 0.29) is 11.1 Å². The van der Waals surface area contributed by atoms with Crippen LogP contribution in [0.3, 0.4) is 0 Å². The fraction of sp³-hybridized carbons (Fsp3) is 0.519. The summed E-state index contributed by atoms with van der Waals surface area (Å²) in [7, 11) is 1.56. The van der Waals surface area contributed by atoms with Gasteiger partial charge in [-0.1, -0.05) is 11.6 Å². The van der Waals surface area contributed by atoms with E-state index in [2.05, 4.69) is 37.9 Å². The van der Waals surface area contributed by atoms with Gasteiger partial charge in [-0.15, -0.1) is 0 Å². The fourth-order valence-electron chi connectivity index (χ4n) is 4.54. The maximum absolute atomic E-state index is 13.2. The largest absolute Gasteiger partial charge is 0.493 e. The van der Waals surface area contributed by atoms with Gasteiger partial charge in [0.2, 0.25) is 0 Å². The van der Waals surface area contributed by atoms with Crippen LogP contribution in [0.5, 0.6) is 11.5 Å². The van der Waals surface area contributed by atoms with Crippen molar-refractivity contribution in [2.24, 2.45) is 0 Å². The Morgan fingerprint density at radius 1 is 1.03 bits per heavy atom. The summed E-state index contributed by atoms with van der Waals surface area (Å²) in [5.41, 5.74) is 0.119. The number of benzene rings is 2. The number of carbonyl (C=O) groups excluding carboxylic acids is 1. The van der Waals surface area contributed by atoms with Crippen molar-refractivity contribution in [3.63, 3.8) is 0 Å². The van der Waals surface area contributed by atoms with E-state index in [1.165, 1.54) is 6.07 Å². The maximum atomic E-state index is 13.2. The third-order valence-electron chi connectivity index (χ3n) is 6.54. The number of nitrogens with zero attached hydrogens (tertiary/aromatic N) is 3. The minimum Gasteiger partial charge on any atom is -0.493 e. The number of methoxy groups -OCH3 is 1. The first-order valence-electron chi connectivity index (χ1n) is 12.6. The Labute approximate surface area is 227 Å². The molecule has 1 fully saturated rings. The molecule has 7 nitrogen and oxygen atoms in total. The van der Waals surface area contributed by atoms with Crippen molar-refractivity contribution in [2.45, 2.75) is 46.0 Å². The van der Waals surface area contributed by atoms with E-state index in [4.69, 9.17) is 21.1 Å². The molecule has 1 aliphatic rings. The number of hydrogen-bond acceptors (Lipinski definition) is 5. The lowest BCUT2D eigenvalue weighted by Gasteiger charge is -2.36. The number of carbonyl (C=O) groups is 1. The predicted octanol–water partition coefficient (Wildman–Crippen LogP) is 6.22. The molecular formula is C27H36ClF3N4O3. The Kier molecular flexibility index (Phi) is 10.0. The molecule has 0 atom stereocenters. The number of amides is 2. The number of hydrogen-bond donors (Lipinski definition) is 1. The highest BCUT2D eigenvalue weighted by molar-refractivity contribution is 6.31. The third kappa shape index (κ3) is 7.60.